The third kappa shape index (κ3) is 4.83. The molecule has 5 aromatic rings. The summed E-state index contributed by atoms with van der Waals surface area (Å²) >= 11 is 0. The number of benzene rings is 3. The Hall–Kier alpha value is -4.66. The number of hydrogen-bond acceptors (Lipinski definition) is 6. The monoisotopic (exact) mass is 521 g/mol. The fraction of sp³-hybridized carbons (Fsp3) is 0.267. The molecule has 9 nitrogen and oxygen atoms in total. The maximum atomic E-state index is 11.4. The standard InChI is InChI=1S/C30H31N7O2/c1-19-12-23(6-5-22(19)13-21-4-9-28-27(14-21)33-18-35(28)3)34-29-25-15-24(7-8-26(25)31-17-32-29)37-11-10-36(30(38)39)16-20(37)2/h4-9,12,14-15,17-18,20H,10-11,13,16H2,1-3H3,(H,38,39)(H,31,32,34)/t20-/m0/s1. The number of nitrogens with one attached hydrogen (secondary N) is 1. The second kappa shape index (κ2) is 9.90. The lowest BCUT2D eigenvalue weighted by Gasteiger charge is -2.40. The lowest BCUT2D eigenvalue weighted by atomic mass is 9.99. The van der Waals surface area contributed by atoms with Crippen LogP contribution in [0.1, 0.15) is 23.6 Å². The highest BCUT2D eigenvalue weighted by Crippen LogP contribution is 2.30. The number of fused-ring (bicyclic) bond motifs is 2. The molecule has 6 rings (SSSR count). The van der Waals surface area contributed by atoms with E-state index in [4.69, 9.17) is 0 Å². The molecule has 3 aromatic carbocycles. The molecule has 0 bridgehead atoms. The number of piperazine rings is 1. The van der Waals surface area contributed by atoms with E-state index in [9.17, 15) is 9.90 Å². The molecule has 0 unspecified atom stereocenters. The summed E-state index contributed by atoms with van der Waals surface area (Å²) in [5, 5.41) is 13.8. The van der Waals surface area contributed by atoms with E-state index in [1.54, 1.807) is 6.33 Å². The van der Waals surface area contributed by atoms with Crippen molar-refractivity contribution in [2.75, 3.05) is 29.9 Å². The molecule has 1 aliphatic heterocycles. The summed E-state index contributed by atoms with van der Waals surface area (Å²) in [4.78, 5) is 28.6. The summed E-state index contributed by atoms with van der Waals surface area (Å²) in [5.74, 6) is 0.742. The van der Waals surface area contributed by atoms with Gasteiger partial charge in [0.1, 0.15) is 12.1 Å². The summed E-state index contributed by atoms with van der Waals surface area (Å²) in [5.41, 5.74) is 8.69. The van der Waals surface area contributed by atoms with Gasteiger partial charge in [0.15, 0.2) is 0 Å². The van der Waals surface area contributed by atoms with Gasteiger partial charge in [-0.05, 0) is 79.4 Å². The maximum Gasteiger partial charge on any atom is 0.407 e. The van der Waals surface area contributed by atoms with Gasteiger partial charge in [0.05, 0.1) is 22.9 Å². The second-order valence-electron chi connectivity index (χ2n) is 10.3. The molecule has 2 aromatic heterocycles. The topological polar surface area (TPSA) is 99.4 Å². The summed E-state index contributed by atoms with van der Waals surface area (Å²) in [6.07, 6.45) is 3.40. The first-order valence-electron chi connectivity index (χ1n) is 13.1. The molecular formula is C30H31N7O2. The largest absolute Gasteiger partial charge is 0.465 e. The Morgan fingerprint density at radius 3 is 2.69 bits per heavy atom. The Balaban J connectivity index is 1.23. The first-order valence-corrected chi connectivity index (χ1v) is 13.1. The summed E-state index contributed by atoms with van der Waals surface area (Å²) in [6, 6.07) is 19.1. The molecule has 0 aliphatic carbocycles. The number of rotatable bonds is 5. The van der Waals surface area contributed by atoms with Gasteiger partial charge >= 0.3 is 6.09 Å². The second-order valence-corrected chi connectivity index (χ2v) is 10.3. The van der Waals surface area contributed by atoms with Crippen LogP contribution in [0.5, 0.6) is 0 Å². The number of hydrogen-bond donors (Lipinski definition) is 2. The van der Waals surface area contributed by atoms with E-state index in [1.165, 1.54) is 21.6 Å². The van der Waals surface area contributed by atoms with Crippen LogP contribution >= 0.6 is 0 Å². The summed E-state index contributed by atoms with van der Waals surface area (Å²) < 4.78 is 2.03. The average molecular weight is 522 g/mol. The van der Waals surface area contributed by atoms with Crippen LogP contribution in [-0.4, -0.2) is 61.3 Å². The van der Waals surface area contributed by atoms with Gasteiger partial charge in [0, 0.05) is 49.5 Å². The summed E-state index contributed by atoms with van der Waals surface area (Å²) in [7, 11) is 2.01. The van der Waals surface area contributed by atoms with Gasteiger partial charge in [-0.25, -0.2) is 19.7 Å². The predicted octanol–water partition coefficient (Wildman–Crippen LogP) is 5.35. The minimum Gasteiger partial charge on any atom is -0.465 e. The van der Waals surface area contributed by atoms with Crippen LogP contribution < -0.4 is 10.2 Å². The van der Waals surface area contributed by atoms with Crippen molar-refractivity contribution in [3.05, 3.63) is 83.9 Å². The molecule has 9 heteroatoms. The van der Waals surface area contributed by atoms with Crippen LogP contribution in [0.25, 0.3) is 21.9 Å². The highest BCUT2D eigenvalue weighted by Gasteiger charge is 2.27. The molecule has 1 saturated heterocycles. The van der Waals surface area contributed by atoms with Crippen molar-refractivity contribution in [3.63, 3.8) is 0 Å². The number of aryl methyl sites for hydroxylation is 2. The molecule has 1 amide bonds. The Kier molecular flexibility index (Phi) is 6.26. The van der Waals surface area contributed by atoms with E-state index in [1.807, 2.05) is 30.1 Å². The normalized spacial score (nSPS) is 15.7. The van der Waals surface area contributed by atoms with Crippen molar-refractivity contribution in [1.82, 2.24) is 24.4 Å². The minimum absolute atomic E-state index is 0.0712. The van der Waals surface area contributed by atoms with Crippen LogP contribution in [0.2, 0.25) is 0 Å². The minimum atomic E-state index is -0.865. The van der Waals surface area contributed by atoms with E-state index < -0.39 is 6.09 Å². The van der Waals surface area contributed by atoms with Gasteiger partial charge in [0.25, 0.3) is 0 Å². The quantitative estimate of drug-likeness (QED) is 0.322. The third-order valence-electron chi connectivity index (χ3n) is 7.64. The van der Waals surface area contributed by atoms with Crippen molar-refractivity contribution in [2.45, 2.75) is 26.3 Å². The zero-order chi connectivity index (χ0) is 27.1. The van der Waals surface area contributed by atoms with Crippen LogP contribution in [0, 0.1) is 6.92 Å². The van der Waals surface area contributed by atoms with Crippen molar-refractivity contribution >= 4 is 45.2 Å². The molecule has 198 valence electrons. The van der Waals surface area contributed by atoms with Gasteiger partial charge in [-0.3, -0.25) is 0 Å². The average Bonchev–Trinajstić information content (AvgIpc) is 3.30. The number of amides is 1. The number of aromatic nitrogens is 4. The van der Waals surface area contributed by atoms with Crippen LogP contribution in [0.15, 0.2) is 67.3 Å². The van der Waals surface area contributed by atoms with Crippen LogP contribution in [0.4, 0.5) is 22.0 Å². The zero-order valence-corrected chi connectivity index (χ0v) is 22.3. The molecule has 1 fully saturated rings. The Morgan fingerprint density at radius 1 is 1.03 bits per heavy atom. The van der Waals surface area contributed by atoms with E-state index in [0.29, 0.717) is 19.6 Å². The fourth-order valence-corrected chi connectivity index (χ4v) is 5.46. The highest BCUT2D eigenvalue weighted by molar-refractivity contribution is 5.93. The van der Waals surface area contributed by atoms with Crippen molar-refractivity contribution in [1.29, 1.82) is 0 Å². The maximum absolute atomic E-state index is 11.4. The number of imidazole rings is 1. The molecule has 2 N–H and O–H groups in total. The molecule has 0 spiro atoms. The van der Waals surface area contributed by atoms with Crippen molar-refractivity contribution in [2.24, 2.45) is 7.05 Å². The first kappa shape index (κ1) is 24.7. The molecule has 1 atom stereocenters. The third-order valence-corrected chi connectivity index (χ3v) is 7.64. The Labute approximate surface area is 226 Å². The van der Waals surface area contributed by atoms with Crippen molar-refractivity contribution < 1.29 is 9.90 Å². The Morgan fingerprint density at radius 2 is 1.90 bits per heavy atom. The van der Waals surface area contributed by atoms with Gasteiger partial charge in [-0.2, -0.15) is 0 Å². The number of carbonyl (C=O) groups is 1. The molecule has 0 radical (unpaired) electrons. The smallest absolute Gasteiger partial charge is 0.407 e. The summed E-state index contributed by atoms with van der Waals surface area (Å²) in [6.45, 7) is 5.79. The number of anilines is 3. The van der Waals surface area contributed by atoms with E-state index in [2.05, 4.69) is 81.5 Å². The van der Waals surface area contributed by atoms with Gasteiger partial charge in [0.2, 0.25) is 0 Å². The van der Waals surface area contributed by atoms with Gasteiger partial charge in [-0.1, -0.05) is 12.1 Å². The lowest BCUT2D eigenvalue weighted by Crippen LogP contribution is -2.53. The first-order chi connectivity index (χ1) is 18.9. The Bertz CT molecular complexity index is 1700. The van der Waals surface area contributed by atoms with E-state index >= 15 is 0 Å². The van der Waals surface area contributed by atoms with E-state index in [0.717, 1.165) is 45.5 Å². The predicted molar refractivity (Wildman–Crippen MR) is 154 cm³/mol. The highest BCUT2D eigenvalue weighted by atomic mass is 16.4. The van der Waals surface area contributed by atoms with Crippen LogP contribution in [0.3, 0.4) is 0 Å². The molecule has 3 heterocycles. The fourth-order valence-electron chi connectivity index (χ4n) is 5.46. The lowest BCUT2D eigenvalue weighted by molar-refractivity contribution is 0.136. The zero-order valence-electron chi connectivity index (χ0n) is 22.3. The van der Waals surface area contributed by atoms with E-state index in [-0.39, 0.29) is 6.04 Å². The molecule has 39 heavy (non-hydrogen) atoms. The molecule has 0 saturated carbocycles. The van der Waals surface area contributed by atoms with Gasteiger partial charge < -0.3 is 24.8 Å². The molecule has 1 aliphatic rings. The number of nitrogens with zero attached hydrogens (tertiary/aromatic N) is 6. The number of carboxylic acid groups (broad SMARTS) is 1. The molecular weight excluding hydrogens is 490 g/mol. The van der Waals surface area contributed by atoms with Crippen molar-refractivity contribution in [3.8, 4) is 0 Å². The van der Waals surface area contributed by atoms with Gasteiger partial charge in [-0.15, -0.1) is 0 Å². The van der Waals surface area contributed by atoms with Crippen LogP contribution in [-0.2, 0) is 13.5 Å². The SMILES string of the molecule is Cc1cc(Nc2ncnc3ccc(N4CCN(C(=O)O)C[C@@H]4C)cc23)ccc1Cc1ccc2c(c1)ncn2C.